The van der Waals surface area contributed by atoms with E-state index in [4.69, 9.17) is 48.7 Å². The summed E-state index contributed by atoms with van der Waals surface area (Å²) in [5, 5.41) is 3.26. The minimum Gasteiger partial charge on any atom is -0.544 e. The first-order valence-corrected chi connectivity index (χ1v) is 16.6. The van der Waals surface area contributed by atoms with Crippen molar-refractivity contribution in [1.29, 1.82) is 0 Å². The van der Waals surface area contributed by atoms with E-state index in [9.17, 15) is 9.59 Å². The maximum Gasteiger partial charge on any atom is 0.429 e. The molecule has 0 spiro atoms. The summed E-state index contributed by atoms with van der Waals surface area (Å²) in [5.74, 6) is 0.932. The zero-order chi connectivity index (χ0) is 29.5. The van der Waals surface area contributed by atoms with Gasteiger partial charge in [0.2, 0.25) is 3.79 Å². The Labute approximate surface area is 249 Å². The first kappa shape index (κ1) is 33.5. The molecular weight excluding hydrogens is 581 g/mol. The third-order valence-electron chi connectivity index (χ3n) is 7.22. The Bertz CT molecular complexity index is 967. The number of pyridine rings is 1. The van der Waals surface area contributed by atoms with Gasteiger partial charge in [-0.2, -0.15) is 0 Å². The monoisotopic (exact) mass is 621 g/mol. The fourth-order valence-electron chi connectivity index (χ4n) is 5.53. The lowest BCUT2D eigenvalue weighted by atomic mass is 10.0. The number of carbonyl (C=O) groups is 2. The van der Waals surface area contributed by atoms with Crippen LogP contribution in [0, 0.1) is 0 Å². The number of ether oxygens (including phenoxy) is 2. The number of hydrazine groups is 1. The van der Waals surface area contributed by atoms with E-state index in [1.54, 1.807) is 17.3 Å². The zero-order valence-electron chi connectivity index (χ0n) is 24.1. The van der Waals surface area contributed by atoms with E-state index in [-0.39, 0.29) is 18.4 Å². The molecule has 0 saturated heterocycles. The Kier molecular flexibility index (Phi) is 12.3. The average Bonchev–Trinajstić information content (AvgIpc) is 2.86. The minimum absolute atomic E-state index is 0.239. The molecule has 0 unspecified atom stereocenters. The normalized spacial score (nSPS) is 18.5. The van der Waals surface area contributed by atoms with Crippen LogP contribution >= 0.6 is 34.8 Å². The van der Waals surface area contributed by atoms with E-state index in [1.165, 1.54) is 12.1 Å². The van der Waals surface area contributed by atoms with Crippen LogP contribution in [0.25, 0.3) is 0 Å². The average molecular weight is 623 g/mol. The first-order valence-electron chi connectivity index (χ1n) is 13.4. The number of carbonyl (C=O) groups excluding carboxylic acids is 2. The maximum atomic E-state index is 13.6. The first-order chi connectivity index (χ1) is 18.2. The number of esters is 1. The fourth-order valence-corrected chi connectivity index (χ4v) is 11.0. The van der Waals surface area contributed by atoms with Crippen LogP contribution in [0.1, 0.15) is 67.7 Å². The molecule has 0 aromatic carbocycles. The van der Waals surface area contributed by atoms with Crippen LogP contribution in [0.5, 0.6) is 0 Å². The van der Waals surface area contributed by atoms with Crippen molar-refractivity contribution in [3.63, 3.8) is 0 Å². The third-order valence-corrected chi connectivity index (χ3v) is 13.6. The van der Waals surface area contributed by atoms with Crippen molar-refractivity contribution in [3.8, 4) is 0 Å². The highest BCUT2D eigenvalue weighted by molar-refractivity contribution is 6.77. The summed E-state index contributed by atoms with van der Waals surface area (Å²) in [4.78, 5) is 30.0. The molecule has 0 radical (unpaired) electrons. The smallest absolute Gasteiger partial charge is 0.429 e. The summed E-state index contributed by atoms with van der Waals surface area (Å²) in [6.07, 6.45) is 4.31. The van der Waals surface area contributed by atoms with Crippen molar-refractivity contribution < 1.29 is 23.5 Å². The van der Waals surface area contributed by atoms with Gasteiger partial charge < -0.3 is 13.9 Å². The summed E-state index contributed by atoms with van der Waals surface area (Å²) < 4.78 is 15.6. The van der Waals surface area contributed by atoms with Gasteiger partial charge in [-0.25, -0.2) is 14.8 Å². The molecule has 0 saturated carbocycles. The Morgan fingerprint density at radius 2 is 1.69 bits per heavy atom. The molecule has 2 rings (SSSR count). The summed E-state index contributed by atoms with van der Waals surface area (Å²) in [5.41, 5.74) is 0.964. The Balaban J connectivity index is 2.64. The van der Waals surface area contributed by atoms with Crippen LogP contribution in [0.2, 0.25) is 16.6 Å². The second kappa shape index (κ2) is 14.3. The van der Waals surface area contributed by atoms with Crippen LogP contribution in [-0.2, 0) is 18.7 Å². The predicted molar refractivity (Wildman–Crippen MR) is 160 cm³/mol. The standard InChI is InChI=1S/C27H42Cl3N3O5Si/c1-18(2)39(19(3)4,20(5)6)38-23-16-22(12-11-14-25(34)36-8)33(24-13-9-10-15-31-24)32(21(23)7)26(35)37-17-27(28,29)30/h9-10,13,15-16,18-22H,11-12,14,17H2,1-8H3/t21-,22+/m0/s1. The van der Waals surface area contributed by atoms with Gasteiger partial charge in [-0.3, -0.25) is 9.80 Å². The predicted octanol–water partition coefficient (Wildman–Crippen LogP) is 7.80. The van der Waals surface area contributed by atoms with Crippen LogP contribution in [0.4, 0.5) is 10.6 Å². The van der Waals surface area contributed by atoms with Crippen molar-refractivity contribution in [2.75, 3.05) is 18.7 Å². The fraction of sp³-hybridized carbons (Fsp3) is 0.667. The van der Waals surface area contributed by atoms with Crippen LogP contribution in [-0.4, -0.2) is 60.0 Å². The highest BCUT2D eigenvalue weighted by Gasteiger charge is 2.50. The lowest BCUT2D eigenvalue weighted by Gasteiger charge is -2.50. The molecule has 2 heterocycles. The van der Waals surface area contributed by atoms with Crippen molar-refractivity contribution in [1.82, 2.24) is 9.99 Å². The van der Waals surface area contributed by atoms with Gasteiger partial charge >= 0.3 is 12.1 Å². The van der Waals surface area contributed by atoms with E-state index in [2.05, 4.69) is 52.6 Å². The largest absolute Gasteiger partial charge is 0.544 e. The number of rotatable bonds is 11. The lowest BCUT2D eigenvalue weighted by molar-refractivity contribution is -0.140. The van der Waals surface area contributed by atoms with E-state index in [0.717, 1.165) is 0 Å². The number of halogens is 3. The Hall–Kier alpha value is -1.68. The number of anilines is 1. The number of hydrogen-bond donors (Lipinski definition) is 0. The second-order valence-corrected chi connectivity index (χ2v) is 18.6. The van der Waals surface area contributed by atoms with Gasteiger partial charge in [0.05, 0.1) is 13.2 Å². The number of alkyl halides is 3. The Morgan fingerprint density at radius 3 is 2.18 bits per heavy atom. The van der Waals surface area contributed by atoms with Gasteiger partial charge in [0.25, 0.3) is 8.32 Å². The van der Waals surface area contributed by atoms with E-state index in [1.807, 2.05) is 19.1 Å². The molecule has 0 fully saturated rings. The molecular formula is C27H42Cl3N3O5Si. The van der Waals surface area contributed by atoms with Gasteiger partial charge in [-0.15, -0.1) is 0 Å². The van der Waals surface area contributed by atoms with Crippen molar-refractivity contribution in [3.05, 3.63) is 36.2 Å². The van der Waals surface area contributed by atoms with E-state index in [0.29, 0.717) is 41.0 Å². The number of hydrogen-bond acceptors (Lipinski definition) is 7. The number of amides is 1. The van der Waals surface area contributed by atoms with Crippen LogP contribution in [0.3, 0.4) is 0 Å². The van der Waals surface area contributed by atoms with Gasteiger partial charge in [0.15, 0.2) is 0 Å². The SMILES string of the molecule is COC(=O)CCC[C@@H]1C=C(O[Si](C(C)C)(C(C)C)C(C)C)[C@H](C)N(C(=O)OCC(Cl)(Cl)Cl)N1c1ccccn1. The maximum absolute atomic E-state index is 13.6. The molecule has 1 amide bonds. The minimum atomic E-state index is -2.37. The molecule has 39 heavy (non-hydrogen) atoms. The van der Waals surface area contributed by atoms with Crippen molar-refractivity contribution in [2.45, 2.75) is 100 Å². The second-order valence-electron chi connectivity index (χ2n) is 10.7. The van der Waals surface area contributed by atoms with Crippen molar-refractivity contribution in [2.24, 2.45) is 0 Å². The molecule has 1 aromatic rings. The lowest BCUT2D eigenvalue weighted by Crippen LogP contribution is -2.61. The highest BCUT2D eigenvalue weighted by Crippen LogP contribution is 2.45. The molecule has 1 aliphatic heterocycles. The van der Waals surface area contributed by atoms with Crippen LogP contribution < -0.4 is 5.01 Å². The number of methoxy groups -OCH3 is 1. The molecule has 8 nitrogen and oxygen atoms in total. The number of aromatic nitrogens is 1. The quantitative estimate of drug-likeness (QED) is 0.141. The van der Waals surface area contributed by atoms with Gasteiger partial charge in [-0.1, -0.05) is 82.4 Å². The molecule has 0 bridgehead atoms. The Morgan fingerprint density at radius 1 is 1.08 bits per heavy atom. The van der Waals surface area contributed by atoms with Gasteiger partial charge in [0, 0.05) is 12.6 Å². The van der Waals surface area contributed by atoms with E-state index < -0.39 is 30.9 Å². The third kappa shape index (κ3) is 8.41. The van der Waals surface area contributed by atoms with Crippen molar-refractivity contribution >= 4 is 61.0 Å². The highest BCUT2D eigenvalue weighted by atomic mass is 35.6. The topological polar surface area (TPSA) is 81.2 Å². The zero-order valence-corrected chi connectivity index (χ0v) is 27.4. The molecule has 0 N–H and O–H groups in total. The van der Waals surface area contributed by atoms with E-state index >= 15 is 0 Å². The molecule has 12 heteroatoms. The van der Waals surface area contributed by atoms with Crippen LogP contribution in [0.15, 0.2) is 36.2 Å². The molecule has 1 aromatic heterocycles. The van der Waals surface area contributed by atoms with Gasteiger partial charge in [0.1, 0.15) is 24.2 Å². The van der Waals surface area contributed by atoms with Gasteiger partial charge in [-0.05, 0) is 54.6 Å². The molecule has 1 aliphatic rings. The summed E-state index contributed by atoms with van der Waals surface area (Å²) in [6.45, 7) is 14.7. The summed E-state index contributed by atoms with van der Waals surface area (Å²) in [6, 6.07) is 4.55. The molecule has 0 aliphatic carbocycles. The molecule has 220 valence electrons. The number of nitrogens with zero attached hydrogens (tertiary/aromatic N) is 3. The molecule has 2 atom stereocenters. The summed E-state index contributed by atoms with van der Waals surface area (Å²) in [7, 11) is -1.01. The summed E-state index contributed by atoms with van der Waals surface area (Å²) >= 11 is 17.7.